The molecule has 0 radical (unpaired) electrons. The first kappa shape index (κ1) is 23.2. The lowest BCUT2D eigenvalue weighted by Crippen LogP contribution is -2.30. The summed E-state index contributed by atoms with van der Waals surface area (Å²) in [6, 6.07) is 7.78. The van der Waals surface area contributed by atoms with E-state index >= 15 is 0 Å². The maximum atomic E-state index is 12.5. The molecule has 32 heavy (non-hydrogen) atoms. The van der Waals surface area contributed by atoms with Crippen molar-refractivity contribution in [1.29, 1.82) is 0 Å². The van der Waals surface area contributed by atoms with Crippen LogP contribution in [0.3, 0.4) is 0 Å². The number of nitrogens with one attached hydrogen (secondary N) is 2. The highest BCUT2D eigenvalue weighted by molar-refractivity contribution is 5.81. The summed E-state index contributed by atoms with van der Waals surface area (Å²) in [5.41, 5.74) is 3.92. The number of benzene rings is 1. The largest absolute Gasteiger partial charge is 0.389 e. The molecule has 0 saturated heterocycles. The Morgan fingerprint density at radius 3 is 2.59 bits per heavy atom. The van der Waals surface area contributed by atoms with Gasteiger partial charge in [0.1, 0.15) is 0 Å². The molecular formula is C21H29N7O4. The Morgan fingerprint density at radius 1 is 1.28 bits per heavy atom. The van der Waals surface area contributed by atoms with Gasteiger partial charge in [-0.1, -0.05) is 12.1 Å². The molecule has 11 heteroatoms. The minimum absolute atomic E-state index is 0.0277. The number of hydrogen-bond donors (Lipinski definition) is 3. The van der Waals surface area contributed by atoms with Gasteiger partial charge in [0.05, 0.1) is 31.6 Å². The van der Waals surface area contributed by atoms with Crippen molar-refractivity contribution in [2.75, 3.05) is 31.0 Å². The molecule has 1 aromatic carbocycles. The number of aromatic amines is 1. The number of nitrogens with zero attached hydrogens (tertiary/aromatic N) is 5. The molecular weight excluding hydrogens is 414 g/mol. The maximum absolute atomic E-state index is 12.5. The smallest absolute Gasteiger partial charge is 0.329 e. The number of anilines is 2. The quantitative estimate of drug-likeness (QED) is 0.328. The average Bonchev–Trinajstić information content (AvgIpc) is 3.09. The minimum Gasteiger partial charge on any atom is -0.389 e. The third-order valence-electron chi connectivity index (χ3n) is 4.81. The monoisotopic (exact) mass is 443 g/mol. The van der Waals surface area contributed by atoms with Gasteiger partial charge < -0.3 is 19.3 Å². The molecule has 1 atom stereocenters. The standard InChI is InChI=1S/C21H29N7O4/c1-13(2)32-12-16(29)11-28-17-18(27(5)21(31)24-19(17)30)23-20(28)25-22-10-14-6-8-15(9-7-14)26(3)4/h6-10,13,16,29H,11-12H2,1-5H3,(H,23,25)(H,24,30,31)/b22-10-/t16-/m0/s1. The van der Waals surface area contributed by atoms with Gasteiger partial charge in [0.2, 0.25) is 5.95 Å². The topological polar surface area (TPSA) is 130 Å². The summed E-state index contributed by atoms with van der Waals surface area (Å²) in [5.74, 6) is 0.219. The lowest BCUT2D eigenvalue weighted by atomic mass is 10.2. The fourth-order valence-corrected chi connectivity index (χ4v) is 3.09. The van der Waals surface area contributed by atoms with E-state index in [9.17, 15) is 14.7 Å². The van der Waals surface area contributed by atoms with Crippen LogP contribution in [0.4, 0.5) is 11.6 Å². The first-order valence-corrected chi connectivity index (χ1v) is 10.2. The summed E-state index contributed by atoms with van der Waals surface area (Å²) in [7, 11) is 5.44. The number of ether oxygens (including phenoxy) is 1. The summed E-state index contributed by atoms with van der Waals surface area (Å²) in [4.78, 5) is 33.1. The van der Waals surface area contributed by atoms with E-state index in [0.717, 1.165) is 11.3 Å². The van der Waals surface area contributed by atoms with Crippen molar-refractivity contribution >= 4 is 29.0 Å². The molecule has 11 nitrogen and oxygen atoms in total. The number of imidazole rings is 1. The molecule has 0 spiro atoms. The number of aryl methyl sites for hydroxylation is 1. The molecule has 0 unspecified atom stereocenters. The summed E-state index contributed by atoms with van der Waals surface area (Å²) in [6.45, 7) is 3.85. The van der Waals surface area contributed by atoms with E-state index in [4.69, 9.17) is 4.74 Å². The predicted octanol–water partition coefficient (Wildman–Crippen LogP) is 0.721. The van der Waals surface area contributed by atoms with E-state index in [1.165, 1.54) is 16.2 Å². The SMILES string of the molecule is CC(C)OC[C@@H](O)Cn1c(N/N=C\c2ccc(N(C)C)cc2)nc2c1c(=O)[nH]c(=O)n2C. The van der Waals surface area contributed by atoms with Crippen LogP contribution in [-0.4, -0.2) is 63.3 Å². The number of hydrogen-bond acceptors (Lipinski definition) is 8. The normalized spacial score (nSPS) is 12.7. The zero-order valence-corrected chi connectivity index (χ0v) is 18.9. The minimum atomic E-state index is -0.894. The molecule has 172 valence electrons. The molecule has 3 rings (SSSR count). The van der Waals surface area contributed by atoms with E-state index in [1.54, 1.807) is 6.21 Å². The van der Waals surface area contributed by atoms with E-state index in [-0.39, 0.29) is 36.4 Å². The van der Waals surface area contributed by atoms with E-state index in [0.29, 0.717) is 0 Å². The second kappa shape index (κ2) is 9.79. The molecule has 0 saturated carbocycles. The predicted molar refractivity (Wildman–Crippen MR) is 125 cm³/mol. The molecule has 0 bridgehead atoms. The van der Waals surface area contributed by atoms with Gasteiger partial charge >= 0.3 is 5.69 Å². The van der Waals surface area contributed by atoms with Crippen molar-refractivity contribution in [1.82, 2.24) is 19.1 Å². The van der Waals surface area contributed by atoms with Crippen LogP contribution >= 0.6 is 0 Å². The molecule has 3 N–H and O–H groups in total. The maximum Gasteiger partial charge on any atom is 0.329 e. The van der Waals surface area contributed by atoms with Gasteiger partial charge in [-0.15, -0.1) is 0 Å². The van der Waals surface area contributed by atoms with Crippen LogP contribution in [0.25, 0.3) is 11.2 Å². The van der Waals surface area contributed by atoms with Crippen LogP contribution in [0.5, 0.6) is 0 Å². The molecule has 0 aliphatic rings. The third-order valence-corrected chi connectivity index (χ3v) is 4.81. The molecule has 0 amide bonds. The van der Waals surface area contributed by atoms with Crippen LogP contribution in [0.1, 0.15) is 19.4 Å². The summed E-state index contributed by atoms with van der Waals surface area (Å²) in [6.07, 6.45) is 0.675. The van der Waals surface area contributed by atoms with Crippen molar-refractivity contribution in [3.63, 3.8) is 0 Å². The van der Waals surface area contributed by atoms with Crippen LogP contribution < -0.4 is 21.6 Å². The van der Waals surface area contributed by atoms with E-state index in [1.807, 2.05) is 57.1 Å². The summed E-state index contributed by atoms with van der Waals surface area (Å²) >= 11 is 0. The Hall–Kier alpha value is -3.44. The van der Waals surface area contributed by atoms with Crippen LogP contribution in [0.15, 0.2) is 39.0 Å². The summed E-state index contributed by atoms with van der Waals surface area (Å²) in [5, 5.41) is 14.6. The number of H-pyrrole nitrogens is 1. The fourth-order valence-electron chi connectivity index (χ4n) is 3.09. The number of fused-ring (bicyclic) bond motifs is 1. The number of aliphatic hydroxyl groups excluding tert-OH is 1. The lowest BCUT2D eigenvalue weighted by molar-refractivity contribution is -0.000105. The number of aliphatic hydroxyl groups is 1. The molecule has 2 heterocycles. The van der Waals surface area contributed by atoms with Gasteiger partial charge in [0.25, 0.3) is 5.56 Å². The average molecular weight is 444 g/mol. The van der Waals surface area contributed by atoms with Gasteiger partial charge in [-0.25, -0.2) is 10.2 Å². The molecule has 3 aromatic rings. The Balaban J connectivity index is 1.92. The zero-order valence-electron chi connectivity index (χ0n) is 18.9. The van der Waals surface area contributed by atoms with Gasteiger partial charge in [0.15, 0.2) is 11.2 Å². The zero-order chi connectivity index (χ0) is 23.4. The molecule has 0 aliphatic carbocycles. The highest BCUT2D eigenvalue weighted by atomic mass is 16.5. The highest BCUT2D eigenvalue weighted by Gasteiger charge is 2.19. The first-order valence-electron chi connectivity index (χ1n) is 10.2. The third kappa shape index (κ3) is 5.24. The van der Waals surface area contributed by atoms with Crippen LogP contribution in [0, 0.1) is 0 Å². The van der Waals surface area contributed by atoms with Gasteiger partial charge in [-0.3, -0.25) is 14.3 Å². The second-order valence-electron chi connectivity index (χ2n) is 7.93. The summed E-state index contributed by atoms with van der Waals surface area (Å²) < 4.78 is 8.19. The Labute approximate surface area is 185 Å². The molecule has 0 fully saturated rings. The fraction of sp³-hybridized carbons (Fsp3) is 0.429. The van der Waals surface area contributed by atoms with Crippen molar-refractivity contribution in [2.45, 2.75) is 32.6 Å². The van der Waals surface area contributed by atoms with Crippen molar-refractivity contribution < 1.29 is 9.84 Å². The van der Waals surface area contributed by atoms with Gasteiger partial charge in [-0.05, 0) is 31.5 Å². The highest BCUT2D eigenvalue weighted by Crippen LogP contribution is 2.17. The second-order valence-corrected chi connectivity index (χ2v) is 7.93. The number of hydrazone groups is 1. The van der Waals surface area contributed by atoms with Crippen molar-refractivity contribution in [2.24, 2.45) is 12.1 Å². The van der Waals surface area contributed by atoms with E-state index in [2.05, 4.69) is 20.5 Å². The molecule has 0 aliphatic heterocycles. The number of aromatic nitrogens is 4. The van der Waals surface area contributed by atoms with Crippen LogP contribution in [-0.2, 0) is 18.3 Å². The Kier molecular flexibility index (Phi) is 7.11. The Bertz CT molecular complexity index is 1210. The van der Waals surface area contributed by atoms with Gasteiger partial charge in [0, 0.05) is 26.8 Å². The van der Waals surface area contributed by atoms with E-state index < -0.39 is 17.4 Å². The van der Waals surface area contributed by atoms with Crippen LogP contribution in [0.2, 0.25) is 0 Å². The first-order chi connectivity index (χ1) is 15.2. The van der Waals surface area contributed by atoms with Gasteiger partial charge in [-0.2, -0.15) is 10.1 Å². The lowest BCUT2D eigenvalue weighted by Gasteiger charge is -2.15. The number of rotatable bonds is 9. The van der Waals surface area contributed by atoms with Crippen molar-refractivity contribution in [3.05, 3.63) is 50.7 Å². The Morgan fingerprint density at radius 2 is 1.97 bits per heavy atom. The molecule has 2 aromatic heterocycles. The van der Waals surface area contributed by atoms with Crippen molar-refractivity contribution in [3.8, 4) is 0 Å².